The van der Waals surface area contributed by atoms with Gasteiger partial charge in [-0.05, 0) is 6.42 Å². The van der Waals surface area contributed by atoms with Gasteiger partial charge in [-0.15, -0.1) is 0 Å². The molecule has 88 valence electrons. The van der Waals surface area contributed by atoms with E-state index >= 15 is 0 Å². The lowest BCUT2D eigenvalue weighted by molar-refractivity contribution is -0.129. The zero-order valence-electron chi connectivity index (χ0n) is 9.86. The molecule has 0 bridgehead atoms. The second kappa shape index (κ2) is 4.55. The van der Waals surface area contributed by atoms with Crippen molar-refractivity contribution in [3.05, 3.63) is 11.8 Å². The van der Waals surface area contributed by atoms with Crippen LogP contribution in [0.5, 0.6) is 0 Å². The van der Waals surface area contributed by atoms with Gasteiger partial charge in [-0.3, -0.25) is 9.89 Å². The van der Waals surface area contributed by atoms with Crippen LogP contribution in [-0.2, 0) is 11.2 Å². The van der Waals surface area contributed by atoms with E-state index in [-0.39, 0.29) is 5.91 Å². The molecule has 2 rings (SSSR count). The van der Waals surface area contributed by atoms with E-state index in [1.54, 1.807) is 6.92 Å². The van der Waals surface area contributed by atoms with Crippen LogP contribution in [-0.4, -0.2) is 47.2 Å². The number of hydrogen-bond acceptors (Lipinski definition) is 3. The minimum atomic E-state index is 0.167. The zero-order chi connectivity index (χ0) is 11.5. The molecule has 1 amide bonds. The number of aromatic amines is 1. The summed E-state index contributed by atoms with van der Waals surface area (Å²) in [5, 5.41) is 7.12. The van der Waals surface area contributed by atoms with Gasteiger partial charge in [-0.2, -0.15) is 5.10 Å². The van der Waals surface area contributed by atoms with Crippen molar-refractivity contribution in [3.8, 4) is 0 Å². The fraction of sp³-hybridized carbons (Fsp3) is 0.636. The smallest absolute Gasteiger partial charge is 0.219 e. The molecule has 1 aliphatic heterocycles. The van der Waals surface area contributed by atoms with E-state index < -0.39 is 0 Å². The molecule has 1 aromatic heterocycles. The normalized spacial score (nSPS) is 16.6. The maximum atomic E-state index is 11.2. The van der Waals surface area contributed by atoms with Crippen LogP contribution in [0, 0.1) is 0 Å². The van der Waals surface area contributed by atoms with E-state index in [0.29, 0.717) is 0 Å². The van der Waals surface area contributed by atoms with Crippen molar-refractivity contribution in [1.29, 1.82) is 0 Å². The van der Waals surface area contributed by atoms with Crippen LogP contribution in [0.3, 0.4) is 0 Å². The van der Waals surface area contributed by atoms with Gasteiger partial charge >= 0.3 is 0 Å². The molecule has 16 heavy (non-hydrogen) atoms. The Hall–Kier alpha value is -1.52. The highest BCUT2D eigenvalue weighted by atomic mass is 16.2. The van der Waals surface area contributed by atoms with Crippen molar-refractivity contribution in [3.63, 3.8) is 0 Å². The Morgan fingerprint density at radius 3 is 2.69 bits per heavy atom. The van der Waals surface area contributed by atoms with E-state index in [2.05, 4.69) is 22.0 Å². The van der Waals surface area contributed by atoms with Crippen LogP contribution >= 0.6 is 0 Å². The predicted molar refractivity (Wildman–Crippen MR) is 62.4 cm³/mol. The zero-order valence-corrected chi connectivity index (χ0v) is 9.86. The van der Waals surface area contributed by atoms with Crippen molar-refractivity contribution < 1.29 is 4.79 Å². The third-order valence-electron chi connectivity index (χ3n) is 3.12. The Balaban J connectivity index is 2.01. The van der Waals surface area contributed by atoms with Gasteiger partial charge in [0.15, 0.2) is 0 Å². The molecule has 1 aromatic rings. The van der Waals surface area contributed by atoms with E-state index in [4.69, 9.17) is 0 Å². The Morgan fingerprint density at radius 2 is 2.12 bits per heavy atom. The van der Waals surface area contributed by atoms with Crippen LogP contribution in [0.4, 0.5) is 5.82 Å². The molecule has 0 saturated carbocycles. The number of hydrogen-bond donors (Lipinski definition) is 1. The Kier molecular flexibility index (Phi) is 3.12. The van der Waals surface area contributed by atoms with Crippen LogP contribution < -0.4 is 4.90 Å². The maximum absolute atomic E-state index is 11.2. The van der Waals surface area contributed by atoms with Gasteiger partial charge in [-0.25, -0.2) is 0 Å². The van der Waals surface area contributed by atoms with Gasteiger partial charge in [-0.1, -0.05) is 6.92 Å². The fourth-order valence-electron chi connectivity index (χ4n) is 2.08. The summed E-state index contributed by atoms with van der Waals surface area (Å²) in [4.78, 5) is 15.4. The average Bonchev–Trinajstić information content (AvgIpc) is 2.77. The minimum Gasteiger partial charge on any atom is -0.353 e. The van der Waals surface area contributed by atoms with E-state index in [9.17, 15) is 4.79 Å². The Bertz CT molecular complexity index is 366. The second-order valence-electron chi connectivity index (χ2n) is 4.09. The van der Waals surface area contributed by atoms with Gasteiger partial charge < -0.3 is 9.80 Å². The van der Waals surface area contributed by atoms with Gasteiger partial charge in [0.2, 0.25) is 5.91 Å². The van der Waals surface area contributed by atoms with Crippen molar-refractivity contribution in [2.45, 2.75) is 20.3 Å². The predicted octanol–water partition coefficient (Wildman–Crippen LogP) is 0.641. The molecule has 1 N–H and O–H groups in total. The fourth-order valence-corrected chi connectivity index (χ4v) is 2.08. The van der Waals surface area contributed by atoms with E-state index in [1.807, 2.05) is 11.1 Å². The summed E-state index contributed by atoms with van der Waals surface area (Å²) in [7, 11) is 0. The topological polar surface area (TPSA) is 52.2 Å². The number of H-pyrrole nitrogens is 1. The number of nitrogens with one attached hydrogen (secondary N) is 1. The number of amides is 1. The van der Waals surface area contributed by atoms with E-state index in [1.165, 1.54) is 5.56 Å². The first-order chi connectivity index (χ1) is 7.72. The summed E-state index contributed by atoms with van der Waals surface area (Å²) in [6.07, 6.45) is 2.87. The summed E-state index contributed by atoms with van der Waals surface area (Å²) >= 11 is 0. The van der Waals surface area contributed by atoms with E-state index in [0.717, 1.165) is 38.4 Å². The summed E-state index contributed by atoms with van der Waals surface area (Å²) in [5.74, 6) is 1.28. The maximum Gasteiger partial charge on any atom is 0.219 e. The standard InChI is InChI=1S/C11H18N4O/c1-3-10-8-12-13-11(10)15-6-4-14(5-7-15)9(2)16/h8H,3-7H2,1-2H3,(H,12,13). The molecule has 5 heteroatoms. The van der Waals surface area contributed by atoms with Crippen LogP contribution in [0.2, 0.25) is 0 Å². The highest BCUT2D eigenvalue weighted by Gasteiger charge is 2.20. The molecule has 0 spiro atoms. The average molecular weight is 222 g/mol. The highest BCUT2D eigenvalue weighted by molar-refractivity contribution is 5.73. The number of nitrogens with zero attached hydrogens (tertiary/aromatic N) is 3. The lowest BCUT2D eigenvalue weighted by Crippen LogP contribution is -2.48. The molecule has 5 nitrogen and oxygen atoms in total. The van der Waals surface area contributed by atoms with Gasteiger partial charge in [0.1, 0.15) is 5.82 Å². The number of rotatable bonds is 2. The van der Waals surface area contributed by atoms with Crippen molar-refractivity contribution in [2.75, 3.05) is 31.1 Å². The van der Waals surface area contributed by atoms with Crippen LogP contribution in [0.1, 0.15) is 19.4 Å². The highest BCUT2D eigenvalue weighted by Crippen LogP contribution is 2.18. The third kappa shape index (κ3) is 2.03. The Morgan fingerprint density at radius 1 is 1.44 bits per heavy atom. The second-order valence-corrected chi connectivity index (χ2v) is 4.09. The molecule has 2 heterocycles. The summed E-state index contributed by atoms with van der Waals surface area (Å²) in [5.41, 5.74) is 1.25. The Labute approximate surface area is 95.4 Å². The number of aromatic nitrogens is 2. The van der Waals surface area contributed by atoms with Crippen molar-refractivity contribution in [1.82, 2.24) is 15.1 Å². The lowest BCUT2D eigenvalue weighted by atomic mass is 10.2. The number of anilines is 1. The van der Waals surface area contributed by atoms with Gasteiger partial charge in [0.25, 0.3) is 0 Å². The molecule has 1 saturated heterocycles. The molecular weight excluding hydrogens is 204 g/mol. The molecule has 0 unspecified atom stereocenters. The summed E-state index contributed by atoms with van der Waals surface area (Å²) < 4.78 is 0. The SMILES string of the molecule is CCc1cn[nH]c1N1CCN(C(C)=O)CC1. The molecule has 0 atom stereocenters. The first-order valence-electron chi connectivity index (χ1n) is 5.75. The quantitative estimate of drug-likeness (QED) is 0.799. The first-order valence-corrected chi connectivity index (χ1v) is 5.75. The van der Waals surface area contributed by atoms with Crippen LogP contribution in [0.25, 0.3) is 0 Å². The summed E-state index contributed by atoms with van der Waals surface area (Å²) in [6.45, 7) is 7.13. The molecule has 0 aromatic carbocycles. The number of aryl methyl sites for hydroxylation is 1. The first kappa shape index (κ1) is 11.0. The number of carbonyl (C=O) groups excluding carboxylic acids is 1. The molecule has 0 radical (unpaired) electrons. The number of piperazine rings is 1. The van der Waals surface area contributed by atoms with Crippen LogP contribution in [0.15, 0.2) is 6.20 Å². The molecule has 1 fully saturated rings. The molecule has 0 aliphatic carbocycles. The van der Waals surface area contributed by atoms with Crippen molar-refractivity contribution in [2.24, 2.45) is 0 Å². The molecular formula is C11H18N4O. The largest absolute Gasteiger partial charge is 0.353 e. The third-order valence-corrected chi connectivity index (χ3v) is 3.12. The number of carbonyl (C=O) groups is 1. The van der Waals surface area contributed by atoms with Crippen molar-refractivity contribution >= 4 is 11.7 Å². The lowest BCUT2D eigenvalue weighted by Gasteiger charge is -2.35. The van der Waals surface area contributed by atoms with Gasteiger partial charge in [0, 0.05) is 38.7 Å². The minimum absolute atomic E-state index is 0.167. The molecule has 1 aliphatic rings. The van der Waals surface area contributed by atoms with Gasteiger partial charge in [0.05, 0.1) is 6.20 Å². The monoisotopic (exact) mass is 222 g/mol. The summed E-state index contributed by atoms with van der Waals surface area (Å²) in [6, 6.07) is 0.